The molecule has 1 aliphatic rings. The van der Waals surface area contributed by atoms with Crippen LogP contribution in [-0.4, -0.2) is 31.9 Å². The number of rotatable bonds is 4. The van der Waals surface area contributed by atoms with Gasteiger partial charge in [-0.15, -0.1) is 0 Å². The zero-order valence-corrected chi connectivity index (χ0v) is 10.6. The van der Waals surface area contributed by atoms with Gasteiger partial charge in [0.2, 0.25) is 0 Å². The maximum absolute atomic E-state index is 9.39. The Kier molecular flexibility index (Phi) is 2.80. The van der Waals surface area contributed by atoms with Gasteiger partial charge in [0.05, 0.1) is 12.3 Å². The molecular formula is C13H18N4O. The maximum atomic E-state index is 9.39. The Balaban J connectivity index is 1.74. The van der Waals surface area contributed by atoms with Crippen LogP contribution in [-0.2, 0) is 6.54 Å². The molecule has 0 amide bonds. The van der Waals surface area contributed by atoms with Crippen molar-refractivity contribution in [1.29, 1.82) is 0 Å². The molecule has 2 heterocycles. The predicted molar refractivity (Wildman–Crippen MR) is 68.2 cm³/mol. The van der Waals surface area contributed by atoms with E-state index in [4.69, 9.17) is 0 Å². The number of aliphatic hydroxyl groups excluding tert-OH is 1. The zero-order valence-electron chi connectivity index (χ0n) is 10.6. The Bertz CT molecular complexity index is 554. The van der Waals surface area contributed by atoms with Crippen molar-refractivity contribution < 1.29 is 5.11 Å². The Hall–Kier alpha value is -1.46. The van der Waals surface area contributed by atoms with E-state index in [1.807, 2.05) is 25.4 Å². The summed E-state index contributed by atoms with van der Waals surface area (Å²) in [6.07, 6.45) is 7.17. The van der Waals surface area contributed by atoms with E-state index >= 15 is 0 Å². The van der Waals surface area contributed by atoms with E-state index < -0.39 is 0 Å². The first-order chi connectivity index (χ1) is 8.71. The van der Waals surface area contributed by atoms with Crippen LogP contribution in [0.25, 0.3) is 5.65 Å². The lowest BCUT2D eigenvalue weighted by Crippen LogP contribution is -2.53. The summed E-state index contributed by atoms with van der Waals surface area (Å²) < 4.78 is 1.80. The third-order valence-electron chi connectivity index (χ3n) is 3.77. The van der Waals surface area contributed by atoms with Gasteiger partial charge in [-0.05, 0) is 26.2 Å². The molecule has 0 aromatic carbocycles. The molecule has 2 aromatic rings. The standard InChI is InChI=1S/C13H18N4O/c1-10-5-12-14-6-11(8-17(12)16-10)7-15-13(9-18)3-2-4-13/h5-6,8,15,18H,2-4,7,9H2,1H3. The van der Waals surface area contributed by atoms with Crippen molar-refractivity contribution in [2.45, 2.75) is 38.3 Å². The highest BCUT2D eigenvalue weighted by Gasteiger charge is 2.35. The topological polar surface area (TPSA) is 62.5 Å². The molecule has 2 aromatic heterocycles. The molecule has 1 saturated carbocycles. The Morgan fingerprint density at radius 3 is 3.00 bits per heavy atom. The molecule has 18 heavy (non-hydrogen) atoms. The molecule has 0 spiro atoms. The highest BCUT2D eigenvalue weighted by atomic mass is 16.3. The first-order valence-electron chi connectivity index (χ1n) is 6.38. The van der Waals surface area contributed by atoms with E-state index in [1.54, 1.807) is 4.52 Å². The number of aryl methyl sites for hydroxylation is 1. The number of fused-ring (bicyclic) bond motifs is 1. The van der Waals surface area contributed by atoms with E-state index in [2.05, 4.69) is 15.4 Å². The number of hydrogen-bond donors (Lipinski definition) is 2. The summed E-state index contributed by atoms with van der Waals surface area (Å²) in [6, 6.07) is 1.96. The number of nitrogens with one attached hydrogen (secondary N) is 1. The first-order valence-corrected chi connectivity index (χ1v) is 6.38. The highest BCUT2D eigenvalue weighted by Crippen LogP contribution is 2.31. The second-order valence-electron chi connectivity index (χ2n) is 5.20. The number of nitrogens with zero attached hydrogens (tertiary/aromatic N) is 3. The Morgan fingerprint density at radius 1 is 1.50 bits per heavy atom. The maximum Gasteiger partial charge on any atom is 0.155 e. The van der Waals surface area contributed by atoms with Gasteiger partial charge in [-0.25, -0.2) is 9.50 Å². The monoisotopic (exact) mass is 246 g/mol. The van der Waals surface area contributed by atoms with E-state index in [9.17, 15) is 5.11 Å². The summed E-state index contributed by atoms with van der Waals surface area (Å²) in [5.41, 5.74) is 2.87. The number of aromatic nitrogens is 3. The normalized spacial score (nSPS) is 17.9. The molecule has 0 radical (unpaired) electrons. The van der Waals surface area contributed by atoms with Gasteiger partial charge in [-0.3, -0.25) is 0 Å². The van der Waals surface area contributed by atoms with Gasteiger partial charge >= 0.3 is 0 Å². The minimum Gasteiger partial charge on any atom is -0.394 e. The van der Waals surface area contributed by atoms with Crippen LogP contribution in [0.1, 0.15) is 30.5 Å². The molecular weight excluding hydrogens is 228 g/mol. The van der Waals surface area contributed by atoms with Crippen LogP contribution in [0.15, 0.2) is 18.5 Å². The third-order valence-corrected chi connectivity index (χ3v) is 3.77. The molecule has 0 unspecified atom stereocenters. The predicted octanol–water partition coefficient (Wildman–Crippen LogP) is 1.04. The van der Waals surface area contributed by atoms with Gasteiger partial charge in [-0.1, -0.05) is 0 Å². The van der Waals surface area contributed by atoms with Crippen LogP contribution >= 0.6 is 0 Å². The summed E-state index contributed by atoms with van der Waals surface area (Å²) in [5.74, 6) is 0. The van der Waals surface area contributed by atoms with Crippen molar-refractivity contribution in [1.82, 2.24) is 19.9 Å². The average Bonchev–Trinajstić information content (AvgIpc) is 2.67. The van der Waals surface area contributed by atoms with E-state index in [0.717, 1.165) is 36.3 Å². The molecule has 5 heteroatoms. The summed E-state index contributed by atoms with van der Waals surface area (Å²) in [6.45, 7) is 2.90. The van der Waals surface area contributed by atoms with Gasteiger partial charge in [0.25, 0.3) is 0 Å². The van der Waals surface area contributed by atoms with Crippen molar-refractivity contribution in [2.75, 3.05) is 6.61 Å². The fraction of sp³-hybridized carbons (Fsp3) is 0.538. The largest absolute Gasteiger partial charge is 0.394 e. The van der Waals surface area contributed by atoms with Gasteiger partial charge in [-0.2, -0.15) is 5.10 Å². The minimum absolute atomic E-state index is 0.0605. The molecule has 0 aliphatic heterocycles. The van der Waals surface area contributed by atoms with Crippen LogP contribution in [0.3, 0.4) is 0 Å². The van der Waals surface area contributed by atoms with Gasteiger partial charge in [0.15, 0.2) is 5.65 Å². The fourth-order valence-corrected chi connectivity index (χ4v) is 2.41. The third kappa shape index (κ3) is 2.00. The summed E-state index contributed by atoms with van der Waals surface area (Å²) >= 11 is 0. The zero-order chi connectivity index (χ0) is 12.6. The Labute approximate surface area is 106 Å². The molecule has 2 N–H and O–H groups in total. The van der Waals surface area contributed by atoms with Crippen LogP contribution in [0.2, 0.25) is 0 Å². The lowest BCUT2D eigenvalue weighted by atomic mass is 9.77. The van der Waals surface area contributed by atoms with E-state index in [-0.39, 0.29) is 12.1 Å². The second kappa shape index (κ2) is 4.33. The molecule has 96 valence electrons. The number of aliphatic hydroxyl groups is 1. The summed E-state index contributed by atoms with van der Waals surface area (Å²) in [5, 5.41) is 17.2. The lowest BCUT2D eigenvalue weighted by molar-refractivity contribution is 0.0871. The van der Waals surface area contributed by atoms with Crippen LogP contribution in [0.5, 0.6) is 0 Å². The second-order valence-corrected chi connectivity index (χ2v) is 5.20. The van der Waals surface area contributed by atoms with Crippen molar-refractivity contribution in [2.24, 2.45) is 0 Å². The smallest absolute Gasteiger partial charge is 0.155 e. The molecule has 3 rings (SSSR count). The van der Waals surface area contributed by atoms with Gasteiger partial charge < -0.3 is 10.4 Å². The Morgan fingerprint density at radius 2 is 2.33 bits per heavy atom. The van der Waals surface area contributed by atoms with Crippen molar-refractivity contribution in [3.8, 4) is 0 Å². The van der Waals surface area contributed by atoms with Crippen LogP contribution in [0, 0.1) is 6.92 Å². The van der Waals surface area contributed by atoms with Crippen molar-refractivity contribution in [3.05, 3.63) is 29.7 Å². The van der Waals surface area contributed by atoms with Gasteiger partial charge in [0.1, 0.15) is 0 Å². The SMILES string of the molecule is Cc1cc2ncc(CNC3(CO)CCC3)cn2n1. The molecule has 0 atom stereocenters. The molecule has 1 aliphatic carbocycles. The minimum atomic E-state index is -0.0605. The molecule has 1 fully saturated rings. The van der Waals surface area contributed by atoms with Crippen molar-refractivity contribution >= 4 is 5.65 Å². The van der Waals surface area contributed by atoms with Crippen LogP contribution in [0.4, 0.5) is 0 Å². The molecule has 0 saturated heterocycles. The fourth-order valence-electron chi connectivity index (χ4n) is 2.41. The molecule has 5 nitrogen and oxygen atoms in total. The quantitative estimate of drug-likeness (QED) is 0.846. The molecule has 0 bridgehead atoms. The summed E-state index contributed by atoms with van der Waals surface area (Å²) in [7, 11) is 0. The highest BCUT2D eigenvalue weighted by molar-refractivity contribution is 5.38. The summed E-state index contributed by atoms with van der Waals surface area (Å²) in [4.78, 5) is 4.37. The van der Waals surface area contributed by atoms with Gasteiger partial charge in [0, 0.05) is 36.1 Å². The average molecular weight is 246 g/mol. The number of hydrogen-bond acceptors (Lipinski definition) is 4. The lowest BCUT2D eigenvalue weighted by Gasteiger charge is -2.41. The van der Waals surface area contributed by atoms with E-state index in [1.165, 1.54) is 6.42 Å². The van der Waals surface area contributed by atoms with E-state index in [0.29, 0.717) is 0 Å². The first kappa shape index (κ1) is 11.6. The van der Waals surface area contributed by atoms with Crippen molar-refractivity contribution in [3.63, 3.8) is 0 Å². The van der Waals surface area contributed by atoms with Crippen LogP contribution < -0.4 is 5.32 Å².